The summed E-state index contributed by atoms with van der Waals surface area (Å²) >= 11 is 0. The topological polar surface area (TPSA) is 44.8 Å². The molecule has 1 N–H and O–H groups in total. The average Bonchev–Trinajstić information content (AvgIpc) is 2.88. The molecule has 0 saturated carbocycles. The molecule has 0 spiro atoms. The van der Waals surface area contributed by atoms with E-state index < -0.39 is 0 Å². The number of benzene rings is 1. The second kappa shape index (κ2) is 8.03. The summed E-state index contributed by atoms with van der Waals surface area (Å²) in [5.41, 5.74) is 2.22. The zero-order chi connectivity index (χ0) is 15.4. The SMILES string of the molecule is C.CCN(C)C(=O)Oc1cccc2c1NCC2CCN(C)C. The van der Waals surface area contributed by atoms with E-state index in [1.165, 1.54) is 5.56 Å². The minimum Gasteiger partial charge on any atom is -0.408 e. The van der Waals surface area contributed by atoms with Crippen molar-refractivity contribution in [3.63, 3.8) is 0 Å². The first-order valence-electron chi connectivity index (χ1n) is 7.47. The number of carbonyl (C=O) groups excluding carboxylic acids is 1. The van der Waals surface area contributed by atoms with Crippen LogP contribution in [0.3, 0.4) is 0 Å². The minimum absolute atomic E-state index is 0. The van der Waals surface area contributed by atoms with E-state index in [-0.39, 0.29) is 13.5 Å². The summed E-state index contributed by atoms with van der Waals surface area (Å²) in [6.07, 6.45) is 0.781. The van der Waals surface area contributed by atoms with E-state index in [1.807, 2.05) is 19.1 Å². The Morgan fingerprint density at radius 2 is 2.09 bits per heavy atom. The summed E-state index contributed by atoms with van der Waals surface area (Å²) in [5.74, 6) is 1.11. The van der Waals surface area contributed by atoms with Gasteiger partial charge in [0.05, 0.1) is 5.69 Å². The van der Waals surface area contributed by atoms with Gasteiger partial charge in [0.2, 0.25) is 0 Å². The first-order chi connectivity index (χ1) is 10.0. The lowest BCUT2D eigenvalue weighted by atomic mass is 9.97. The molecule has 1 aromatic carbocycles. The van der Waals surface area contributed by atoms with Crippen molar-refractivity contribution >= 4 is 11.8 Å². The molecule has 1 aliphatic heterocycles. The molecule has 0 aromatic heterocycles. The highest BCUT2D eigenvalue weighted by molar-refractivity contribution is 5.75. The zero-order valence-corrected chi connectivity index (χ0v) is 13.3. The normalized spacial score (nSPS) is 15.8. The molecule has 0 bridgehead atoms. The molecule has 1 amide bonds. The van der Waals surface area contributed by atoms with Crippen molar-refractivity contribution in [3.05, 3.63) is 23.8 Å². The highest BCUT2D eigenvalue weighted by atomic mass is 16.6. The fourth-order valence-corrected chi connectivity index (χ4v) is 2.47. The summed E-state index contributed by atoms with van der Waals surface area (Å²) in [4.78, 5) is 15.7. The van der Waals surface area contributed by atoms with Crippen LogP contribution < -0.4 is 10.1 Å². The fraction of sp³-hybridized carbons (Fsp3) is 0.588. The van der Waals surface area contributed by atoms with Crippen LogP contribution >= 0.6 is 0 Å². The molecule has 0 aliphatic carbocycles. The summed E-state index contributed by atoms with van der Waals surface area (Å²) in [5, 5.41) is 3.39. The van der Waals surface area contributed by atoms with E-state index in [1.54, 1.807) is 11.9 Å². The number of fused-ring (bicyclic) bond motifs is 1. The van der Waals surface area contributed by atoms with Gasteiger partial charge >= 0.3 is 6.09 Å². The smallest absolute Gasteiger partial charge is 0.408 e. The Kier molecular flexibility index (Phi) is 6.68. The van der Waals surface area contributed by atoms with Crippen LogP contribution in [0.2, 0.25) is 0 Å². The van der Waals surface area contributed by atoms with Gasteiger partial charge in [0, 0.05) is 26.1 Å². The van der Waals surface area contributed by atoms with Crippen LogP contribution in [0.15, 0.2) is 18.2 Å². The molecule has 1 aromatic rings. The third-order valence-electron chi connectivity index (χ3n) is 3.93. The van der Waals surface area contributed by atoms with Crippen LogP contribution in [-0.2, 0) is 0 Å². The number of hydrogen-bond acceptors (Lipinski definition) is 4. The molecular formula is C17H29N3O2. The summed E-state index contributed by atoms with van der Waals surface area (Å²) < 4.78 is 5.50. The van der Waals surface area contributed by atoms with E-state index in [0.29, 0.717) is 18.2 Å². The Labute approximate surface area is 134 Å². The van der Waals surface area contributed by atoms with Gasteiger partial charge in [-0.15, -0.1) is 0 Å². The van der Waals surface area contributed by atoms with Crippen LogP contribution in [0.1, 0.15) is 32.3 Å². The van der Waals surface area contributed by atoms with Gasteiger partial charge in [-0.3, -0.25) is 0 Å². The maximum atomic E-state index is 11.9. The Hall–Kier alpha value is -1.75. The first kappa shape index (κ1) is 18.3. The molecule has 1 aliphatic rings. The van der Waals surface area contributed by atoms with E-state index in [0.717, 1.165) is 25.2 Å². The maximum Gasteiger partial charge on any atom is 0.415 e. The lowest BCUT2D eigenvalue weighted by Crippen LogP contribution is -2.29. The van der Waals surface area contributed by atoms with Crippen LogP contribution in [-0.4, -0.2) is 56.7 Å². The molecule has 0 radical (unpaired) electrons. The van der Waals surface area contributed by atoms with Crippen LogP contribution in [0, 0.1) is 0 Å². The molecule has 1 atom stereocenters. The van der Waals surface area contributed by atoms with Crippen molar-refractivity contribution in [2.45, 2.75) is 26.7 Å². The number of para-hydroxylation sites is 1. The number of carbonyl (C=O) groups is 1. The van der Waals surface area contributed by atoms with Crippen molar-refractivity contribution in [1.82, 2.24) is 9.80 Å². The molecule has 0 fully saturated rings. The van der Waals surface area contributed by atoms with Gasteiger partial charge in [0.15, 0.2) is 5.75 Å². The van der Waals surface area contributed by atoms with E-state index in [9.17, 15) is 4.79 Å². The summed E-state index contributed by atoms with van der Waals surface area (Å²) in [7, 11) is 5.91. The number of nitrogens with one attached hydrogen (secondary N) is 1. The van der Waals surface area contributed by atoms with Gasteiger partial charge in [0.25, 0.3) is 0 Å². The molecule has 5 nitrogen and oxygen atoms in total. The molecule has 2 rings (SSSR count). The van der Waals surface area contributed by atoms with Crippen molar-refractivity contribution in [2.75, 3.05) is 46.1 Å². The maximum absolute atomic E-state index is 11.9. The lowest BCUT2D eigenvalue weighted by molar-refractivity contribution is 0.165. The molecule has 1 unspecified atom stereocenters. The molecule has 1 heterocycles. The Morgan fingerprint density at radius 1 is 1.36 bits per heavy atom. The van der Waals surface area contributed by atoms with Crippen molar-refractivity contribution in [1.29, 1.82) is 0 Å². The summed E-state index contributed by atoms with van der Waals surface area (Å²) in [6.45, 7) is 4.51. The third kappa shape index (κ3) is 4.13. The number of anilines is 1. The molecule has 22 heavy (non-hydrogen) atoms. The highest BCUT2D eigenvalue weighted by Gasteiger charge is 2.26. The second-order valence-electron chi connectivity index (χ2n) is 5.77. The van der Waals surface area contributed by atoms with Gasteiger partial charge in [-0.1, -0.05) is 19.6 Å². The van der Waals surface area contributed by atoms with Gasteiger partial charge in [-0.05, 0) is 45.6 Å². The van der Waals surface area contributed by atoms with E-state index >= 15 is 0 Å². The van der Waals surface area contributed by atoms with Crippen LogP contribution in [0.25, 0.3) is 0 Å². The third-order valence-corrected chi connectivity index (χ3v) is 3.93. The minimum atomic E-state index is -0.315. The van der Waals surface area contributed by atoms with Gasteiger partial charge in [-0.2, -0.15) is 0 Å². The molecule has 0 saturated heterocycles. The van der Waals surface area contributed by atoms with E-state index in [4.69, 9.17) is 4.74 Å². The number of amides is 1. The lowest BCUT2D eigenvalue weighted by Gasteiger charge is -2.16. The standard InChI is InChI=1S/C16H25N3O2.CH4/c1-5-19(4)16(20)21-14-8-6-7-13-12(9-10-18(2)3)11-17-15(13)14;/h6-8,12,17H,5,9-11H2,1-4H3;1H4. The van der Waals surface area contributed by atoms with Crippen LogP contribution in [0.4, 0.5) is 10.5 Å². The van der Waals surface area contributed by atoms with Crippen molar-refractivity contribution in [3.8, 4) is 5.75 Å². The van der Waals surface area contributed by atoms with E-state index in [2.05, 4.69) is 30.4 Å². The largest absolute Gasteiger partial charge is 0.415 e. The van der Waals surface area contributed by atoms with Crippen molar-refractivity contribution in [2.24, 2.45) is 0 Å². The molecule has 5 heteroatoms. The number of rotatable bonds is 5. The predicted molar refractivity (Wildman–Crippen MR) is 91.9 cm³/mol. The monoisotopic (exact) mass is 307 g/mol. The quantitative estimate of drug-likeness (QED) is 0.907. The van der Waals surface area contributed by atoms with Gasteiger partial charge in [-0.25, -0.2) is 4.79 Å². The van der Waals surface area contributed by atoms with Gasteiger partial charge < -0.3 is 19.9 Å². The van der Waals surface area contributed by atoms with Gasteiger partial charge in [0.1, 0.15) is 0 Å². The Bertz CT molecular complexity index is 503. The number of hydrogen-bond donors (Lipinski definition) is 1. The van der Waals surface area contributed by atoms with Crippen LogP contribution in [0.5, 0.6) is 5.75 Å². The first-order valence-corrected chi connectivity index (χ1v) is 7.47. The summed E-state index contributed by atoms with van der Waals surface area (Å²) in [6, 6.07) is 5.93. The second-order valence-corrected chi connectivity index (χ2v) is 5.77. The number of ether oxygens (including phenoxy) is 1. The Morgan fingerprint density at radius 3 is 2.73 bits per heavy atom. The predicted octanol–water partition coefficient (Wildman–Crippen LogP) is 3.23. The van der Waals surface area contributed by atoms with Crippen molar-refractivity contribution < 1.29 is 9.53 Å². The average molecular weight is 307 g/mol. The zero-order valence-electron chi connectivity index (χ0n) is 13.3. The number of nitrogens with zero attached hydrogens (tertiary/aromatic N) is 2. The fourth-order valence-electron chi connectivity index (χ4n) is 2.47. The molecular weight excluding hydrogens is 278 g/mol. The molecule has 124 valence electrons. The highest BCUT2D eigenvalue weighted by Crippen LogP contribution is 2.40. The Balaban J connectivity index is 0.00000242.